The summed E-state index contributed by atoms with van der Waals surface area (Å²) in [6, 6.07) is 0. The van der Waals surface area contributed by atoms with E-state index >= 15 is 0 Å². The molecule has 0 aromatic heterocycles. The number of esters is 4. The SMILES string of the molecule is CC(=O)O/C=C(/C=C/OC(C)=O)C(C/C=C(/C=O)CC(/C=C(\C)CCC=C(C)C)OC(C)=O)OC(C)=O. The van der Waals surface area contributed by atoms with Gasteiger partial charge >= 0.3 is 23.9 Å². The summed E-state index contributed by atoms with van der Waals surface area (Å²) < 4.78 is 20.4. The lowest BCUT2D eigenvalue weighted by Gasteiger charge is -2.18. The summed E-state index contributed by atoms with van der Waals surface area (Å²) in [7, 11) is 0. The van der Waals surface area contributed by atoms with Crippen molar-refractivity contribution >= 4 is 30.2 Å². The monoisotopic (exact) mass is 518 g/mol. The summed E-state index contributed by atoms with van der Waals surface area (Å²) in [5.74, 6) is -2.28. The van der Waals surface area contributed by atoms with Crippen LogP contribution in [0.25, 0.3) is 0 Å². The lowest BCUT2D eigenvalue weighted by atomic mass is 10.0. The summed E-state index contributed by atoms with van der Waals surface area (Å²) in [6.07, 6.45) is 9.70. The van der Waals surface area contributed by atoms with E-state index in [2.05, 4.69) is 6.08 Å². The van der Waals surface area contributed by atoms with Crippen LogP contribution in [-0.4, -0.2) is 42.4 Å². The predicted molar refractivity (Wildman–Crippen MR) is 138 cm³/mol. The molecule has 0 aliphatic heterocycles. The van der Waals surface area contributed by atoms with E-state index < -0.39 is 36.1 Å². The molecule has 0 fully saturated rings. The van der Waals surface area contributed by atoms with Crippen LogP contribution in [-0.2, 0) is 42.9 Å². The van der Waals surface area contributed by atoms with Gasteiger partial charge in [-0.3, -0.25) is 24.0 Å². The first kappa shape index (κ1) is 33.2. The predicted octanol–water partition coefficient (Wildman–Crippen LogP) is 4.97. The van der Waals surface area contributed by atoms with Crippen molar-refractivity contribution in [3.05, 3.63) is 59.1 Å². The van der Waals surface area contributed by atoms with Crippen LogP contribution >= 0.6 is 0 Å². The minimum absolute atomic E-state index is 0.0290. The van der Waals surface area contributed by atoms with Crippen molar-refractivity contribution in [1.29, 1.82) is 0 Å². The molecule has 0 aliphatic carbocycles. The van der Waals surface area contributed by atoms with Crippen LogP contribution < -0.4 is 0 Å². The third kappa shape index (κ3) is 18.2. The lowest BCUT2D eigenvalue weighted by molar-refractivity contribution is -0.145. The maximum atomic E-state index is 11.8. The van der Waals surface area contributed by atoms with E-state index in [0.717, 1.165) is 30.9 Å². The van der Waals surface area contributed by atoms with E-state index in [1.54, 1.807) is 6.08 Å². The number of rotatable bonds is 15. The van der Waals surface area contributed by atoms with Crippen molar-refractivity contribution < 1.29 is 42.9 Å². The van der Waals surface area contributed by atoms with Crippen molar-refractivity contribution in [3.63, 3.8) is 0 Å². The number of allylic oxidation sites excluding steroid dienone is 3. The van der Waals surface area contributed by atoms with E-state index in [1.165, 1.54) is 39.3 Å². The first-order valence-corrected chi connectivity index (χ1v) is 11.8. The number of hydrogen-bond donors (Lipinski definition) is 0. The molecule has 0 spiro atoms. The van der Waals surface area contributed by atoms with Crippen molar-refractivity contribution in [3.8, 4) is 0 Å². The van der Waals surface area contributed by atoms with Crippen molar-refractivity contribution in [2.45, 2.75) is 86.4 Å². The molecule has 0 amide bonds. The molecule has 0 aliphatic rings. The topological polar surface area (TPSA) is 122 Å². The van der Waals surface area contributed by atoms with Crippen LogP contribution in [0, 0.1) is 0 Å². The van der Waals surface area contributed by atoms with Crippen molar-refractivity contribution in [1.82, 2.24) is 0 Å². The van der Waals surface area contributed by atoms with Gasteiger partial charge < -0.3 is 18.9 Å². The zero-order chi connectivity index (χ0) is 28.4. The number of hydrogen-bond acceptors (Lipinski definition) is 9. The molecule has 0 aromatic rings. The minimum Gasteiger partial charge on any atom is -0.458 e. The maximum Gasteiger partial charge on any atom is 0.307 e. The molecule has 0 saturated carbocycles. The summed E-state index contributed by atoms with van der Waals surface area (Å²) in [5.41, 5.74) is 2.74. The van der Waals surface area contributed by atoms with E-state index in [1.807, 2.05) is 26.8 Å². The van der Waals surface area contributed by atoms with Crippen LogP contribution in [0.5, 0.6) is 0 Å². The molecule has 204 valence electrons. The number of carbonyl (C=O) groups excluding carboxylic acids is 5. The Morgan fingerprint density at radius 1 is 0.784 bits per heavy atom. The first-order valence-electron chi connectivity index (χ1n) is 11.8. The Bertz CT molecular complexity index is 960. The molecule has 9 nitrogen and oxygen atoms in total. The highest BCUT2D eigenvalue weighted by Gasteiger charge is 2.18. The van der Waals surface area contributed by atoms with Gasteiger partial charge in [0.25, 0.3) is 0 Å². The second-order valence-corrected chi connectivity index (χ2v) is 8.56. The third-order valence-corrected chi connectivity index (χ3v) is 4.60. The molecular formula is C28H38O9. The van der Waals surface area contributed by atoms with E-state index in [9.17, 15) is 24.0 Å². The molecule has 9 heteroatoms. The Labute approximate surface area is 218 Å². The van der Waals surface area contributed by atoms with Gasteiger partial charge in [-0.15, -0.1) is 0 Å². The van der Waals surface area contributed by atoms with Crippen molar-refractivity contribution in [2.75, 3.05) is 0 Å². The zero-order valence-electron chi connectivity index (χ0n) is 22.7. The van der Waals surface area contributed by atoms with Gasteiger partial charge in [0.1, 0.15) is 24.8 Å². The van der Waals surface area contributed by atoms with Gasteiger partial charge in [0, 0.05) is 46.1 Å². The van der Waals surface area contributed by atoms with Crippen LogP contribution in [0.15, 0.2) is 59.1 Å². The smallest absolute Gasteiger partial charge is 0.307 e. The molecule has 2 unspecified atom stereocenters. The largest absolute Gasteiger partial charge is 0.458 e. The van der Waals surface area contributed by atoms with Gasteiger partial charge in [-0.25, -0.2) is 0 Å². The first-order chi connectivity index (χ1) is 17.3. The summed E-state index contributed by atoms with van der Waals surface area (Å²) >= 11 is 0. The van der Waals surface area contributed by atoms with Gasteiger partial charge in [-0.1, -0.05) is 23.3 Å². The van der Waals surface area contributed by atoms with Crippen molar-refractivity contribution in [2.24, 2.45) is 0 Å². The van der Waals surface area contributed by atoms with Crippen LogP contribution in [0.1, 0.15) is 74.1 Å². The molecule has 0 N–H and O–H groups in total. The highest BCUT2D eigenvalue weighted by molar-refractivity contribution is 5.74. The Morgan fingerprint density at radius 2 is 1.41 bits per heavy atom. The normalized spacial score (nSPS) is 13.9. The average molecular weight is 519 g/mol. The van der Waals surface area contributed by atoms with Gasteiger partial charge in [-0.05, 0) is 51.3 Å². The third-order valence-electron chi connectivity index (χ3n) is 4.60. The fourth-order valence-electron chi connectivity index (χ4n) is 3.04. The average Bonchev–Trinajstić information content (AvgIpc) is 2.76. The molecule has 0 radical (unpaired) electrons. The van der Waals surface area contributed by atoms with Gasteiger partial charge in [0.15, 0.2) is 0 Å². The molecule has 2 atom stereocenters. The van der Waals surface area contributed by atoms with E-state index in [4.69, 9.17) is 18.9 Å². The fraction of sp³-hybridized carbons (Fsp3) is 0.464. The van der Waals surface area contributed by atoms with Gasteiger partial charge in [0.05, 0.1) is 6.26 Å². The quantitative estimate of drug-likeness (QED) is 0.0562. The Hall–Kier alpha value is -3.75. The summed E-state index contributed by atoms with van der Waals surface area (Å²) in [5, 5.41) is 0. The molecule has 0 aromatic carbocycles. The molecule has 37 heavy (non-hydrogen) atoms. The number of aldehydes is 1. The highest BCUT2D eigenvalue weighted by Crippen LogP contribution is 2.19. The van der Waals surface area contributed by atoms with Crippen LogP contribution in [0.2, 0.25) is 0 Å². The van der Waals surface area contributed by atoms with Crippen LogP contribution in [0.4, 0.5) is 0 Å². The summed E-state index contributed by atoms with van der Waals surface area (Å²) in [4.78, 5) is 57.6. The van der Waals surface area contributed by atoms with Crippen LogP contribution in [0.3, 0.4) is 0 Å². The number of ether oxygens (including phenoxy) is 4. The number of carbonyl (C=O) groups is 5. The van der Waals surface area contributed by atoms with E-state index in [0.29, 0.717) is 11.9 Å². The summed E-state index contributed by atoms with van der Waals surface area (Å²) in [6.45, 7) is 10.9. The molecule has 0 bridgehead atoms. The zero-order valence-corrected chi connectivity index (χ0v) is 22.7. The Morgan fingerprint density at radius 3 is 1.92 bits per heavy atom. The second-order valence-electron chi connectivity index (χ2n) is 8.56. The molecule has 0 saturated heterocycles. The Kier molecular flexibility index (Phi) is 16.6. The molecule has 0 heterocycles. The molecular weight excluding hydrogens is 480 g/mol. The maximum absolute atomic E-state index is 11.8. The lowest BCUT2D eigenvalue weighted by Crippen LogP contribution is -2.19. The highest BCUT2D eigenvalue weighted by atomic mass is 16.6. The molecule has 0 rings (SSSR count). The van der Waals surface area contributed by atoms with Gasteiger partial charge in [-0.2, -0.15) is 0 Å². The minimum atomic E-state index is -0.966. The van der Waals surface area contributed by atoms with Gasteiger partial charge in [0.2, 0.25) is 0 Å². The Balaban J connectivity index is 5.91. The van der Waals surface area contributed by atoms with E-state index in [-0.39, 0.29) is 18.4 Å². The standard InChI is InChI=1S/C28H38O9/c1-19(2)9-8-10-20(3)15-27(36-23(6)32)16-25(17-29)11-12-28(37-24(7)33)26(18-35-22(5)31)13-14-34-21(4)30/h9,11,13-15,17-18,27-28H,8,10,12,16H2,1-7H3/b14-13+,20-15+,25-11+,26-18-. The second kappa shape index (κ2) is 18.5. The fourth-order valence-corrected chi connectivity index (χ4v) is 3.04.